The topological polar surface area (TPSA) is 46.5 Å². The summed E-state index contributed by atoms with van der Waals surface area (Å²) in [6.45, 7) is 20.1. The molecule has 156 valence electrons. The number of carbonyl (C=O) groups excluding carboxylic acids is 1. The van der Waals surface area contributed by atoms with Gasteiger partial charge in [-0.2, -0.15) is 0 Å². The Morgan fingerprint density at radius 1 is 1.03 bits per heavy atom. The van der Waals surface area contributed by atoms with Crippen molar-refractivity contribution in [2.75, 3.05) is 0 Å². The van der Waals surface area contributed by atoms with Crippen molar-refractivity contribution in [3.63, 3.8) is 0 Å². The molecule has 2 rings (SSSR count). The van der Waals surface area contributed by atoms with Crippen molar-refractivity contribution in [3.8, 4) is 11.5 Å². The highest BCUT2D eigenvalue weighted by molar-refractivity contribution is 5.84. The van der Waals surface area contributed by atoms with Gasteiger partial charge in [0.15, 0.2) is 0 Å². The summed E-state index contributed by atoms with van der Waals surface area (Å²) in [6.07, 6.45) is 1.18. The van der Waals surface area contributed by atoms with Crippen molar-refractivity contribution >= 4 is 5.97 Å². The molecule has 0 saturated carbocycles. The number of phenolic OH excluding ortho intramolecular Hbond substituents is 1. The number of hydrogen-bond acceptors (Lipinski definition) is 3. The normalized spacial score (nSPS) is 13.1. The number of carbonyl (C=O) groups is 1. The third kappa shape index (κ3) is 4.90. The molecule has 3 nitrogen and oxygen atoms in total. The molecule has 0 heterocycles. The summed E-state index contributed by atoms with van der Waals surface area (Å²) in [5, 5.41) is 11.1. The Bertz CT molecular complexity index is 924. The van der Waals surface area contributed by atoms with Gasteiger partial charge in [-0.25, -0.2) is 4.79 Å². The molecule has 0 amide bonds. The molecule has 0 aromatic heterocycles. The van der Waals surface area contributed by atoms with Gasteiger partial charge in [-0.1, -0.05) is 90.9 Å². The first-order valence-corrected chi connectivity index (χ1v) is 10.1. The van der Waals surface area contributed by atoms with Crippen LogP contribution < -0.4 is 4.74 Å². The molecule has 3 heteroatoms. The summed E-state index contributed by atoms with van der Waals surface area (Å²) in [6, 6.07) is 9.98. The standard InChI is InChI=1S/C26H34O3/c1-10-22(27)29-24-18(12-11-13-20(24)25(4,5)6)17(3)19-14-16(2)15-21(23(19)28)26(7,8)9/h10-15,17,28H,1H2,2-9H3. The minimum Gasteiger partial charge on any atom is -0.507 e. The van der Waals surface area contributed by atoms with Gasteiger partial charge in [-0.05, 0) is 23.3 Å². The minimum absolute atomic E-state index is 0.161. The molecule has 0 aliphatic heterocycles. The van der Waals surface area contributed by atoms with E-state index in [0.717, 1.165) is 27.8 Å². The zero-order valence-corrected chi connectivity index (χ0v) is 19.0. The number of rotatable bonds is 4. The van der Waals surface area contributed by atoms with Crippen LogP contribution in [0.1, 0.15) is 82.2 Å². The highest BCUT2D eigenvalue weighted by atomic mass is 16.5. The fourth-order valence-electron chi connectivity index (χ4n) is 3.62. The third-order valence-corrected chi connectivity index (χ3v) is 5.25. The van der Waals surface area contributed by atoms with E-state index in [1.165, 1.54) is 6.08 Å². The highest BCUT2D eigenvalue weighted by Gasteiger charge is 2.28. The average molecular weight is 395 g/mol. The molecular formula is C26H34O3. The molecule has 0 bridgehead atoms. The Morgan fingerprint density at radius 2 is 1.62 bits per heavy atom. The SMILES string of the molecule is C=CC(=O)Oc1c(C(C)c2cc(C)cc(C(C)(C)C)c2O)cccc1C(C)(C)C. The smallest absolute Gasteiger partial charge is 0.335 e. The Balaban J connectivity index is 2.74. The van der Waals surface area contributed by atoms with Crippen molar-refractivity contribution in [2.45, 2.75) is 72.1 Å². The number of esters is 1. The lowest BCUT2D eigenvalue weighted by Gasteiger charge is -2.28. The summed E-state index contributed by atoms with van der Waals surface area (Å²) in [5.41, 5.74) is 4.25. The number of benzene rings is 2. The van der Waals surface area contributed by atoms with Crippen LogP contribution in [-0.2, 0) is 15.6 Å². The Kier molecular flexibility index (Phi) is 6.32. The van der Waals surface area contributed by atoms with Gasteiger partial charge in [0.05, 0.1) is 0 Å². The lowest BCUT2D eigenvalue weighted by atomic mass is 9.79. The molecule has 29 heavy (non-hydrogen) atoms. The monoisotopic (exact) mass is 394 g/mol. The van der Waals surface area contributed by atoms with Crippen LogP contribution in [0.2, 0.25) is 0 Å². The lowest BCUT2D eigenvalue weighted by Crippen LogP contribution is -2.18. The molecular weight excluding hydrogens is 360 g/mol. The molecule has 1 atom stereocenters. The number of aryl methyl sites for hydroxylation is 1. The maximum absolute atomic E-state index is 12.1. The molecule has 0 fully saturated rings. The molecule has 0 spiro atoms. The van der Waals surface area contributed by atoms with E-state index in [-0.39, 0.29) is 16.7 Å². The van der Waals surface area contributed by atoms with Crippen molar-refractivity contribution in [1.82, 2.24) is 0 Å². The first-order chi connectivity index (χ1) is 13.3. The van der Waals surface area contributed by atoms with E-state index >= 15 is 0 Å². The third-order valence-electron chi connectivity index (χ3n) is 5.25. The second kappa shape index (κ2) is 8.06. The Labute approximate surface area is 175 Å². The quantitative estimate of drug-likeness (QED) is 0.364. The van der Waals surface area contributed by atoms with Crippen LogP contribution >= 0.6 is 0 Å². The van der Waals surface area contributed by atoms with Crippen LogP contribution in [0.3, 0.4) is 0 Å². The zero-order valence-electron chi connectivity index (χ0n) is 19.0. The predicted octanol–water partition coefficient (Wildman–Crippen LogP) is 6.54. The van der Waals surface area contributed by atoms with E-state index in [1.54, 1.807) is 0 Å². The number of hydrogen-bond donors (Lipinski definition) is 1. The van der Waals surface area contributed by atoms with E-state index in [0.29, 0.717) is 11.5 Å². The number of aromatic hydroxyl groups is 1. The highest BCUT2D eigenvalue weighted by Crippen LogP contribution is 2.44. The summed E-state index contributed by atoms with van der Waals surface area (Å²) in [7, 11) is 0. The van der Waals surface area contributed by atoms with E-state index in [2.05, 4.69) is 48.1 Å². The van der Waals surface area contributed by atoms with Gasteiger partial charge < -0.3 is 9.84 Å². The minimum atomic E-state index is -0.487. The molecule has 1 N–H and O–H groups in total. The van der Waals surface area contributed by atoms with Gasteiger partial charge in [-0.3, -0.25) is 0 Å². The van der Waals surface area contributed by atoms with Crippen LogP contribution in [0.4, 0.5) is 0 Å². The molecule has 2 aromatic carbocycles. The lowest BCUT2D eigenvalue weighted by molar-refractivity contribution is -0.129. The van der Waals surface area contributed by atoms with Crippen molar-refractivity contribution in [1.29, 1.82) is 0 Å². The number of phenols is 1. The number of para-hydroxylation sites is 1. The maximum atomic E-state index is 12.1. The van der Waals surface area contributed by atoms with Gasteiger partial charge in [0.2, 0.25) is 0 Å². The van der Waals surface area contributed by atoms with Gasteiger partial charge >= 0.3 is 5.97 Å². The van der Waals surface area contributed by atoms with Crippen LogP contribution in [0, 0.1) is 6.92 Å². The maximum Gasteiger partial charge on any atom is 0.335 e. The Hall–Kier alpha value is -2.55. The van der Waals surface area contributed by atoms with E-state index < -0.39 is 5.97 Å². The molecule has 2 aromatic rings. The van der Waals surface area contributed by atoms with Gasteiger partial charge in [0.25, 0.3) is 0 Å². The molecule has 0 radical (unpaired) electrons. The van der Waals surface area contributed by atoms with Crippen LogP contribution in [0.5, 0.6) is 11.5 Å². The van der Waals surface area contributed by atoms with E-state index in [9.17, 15) is 9.90 Å². The number of ether oxygens (including phenoxy) is 1. The van der Waals surface area contributed by atoms with Crippen LogP contribution in [0.15, 0.2) is 43.0 Å². The molecule has 0 saturated heterocycles. The van der Waals surface area contributed by atoms with Crippen molar-refractivity contribution in [2.24, 2.45) is 0 Å². The molecule has 0 aliphatic rings. The van der Waals surface area contributed by atoms with Crippen molar-refractivity contribution < 1.29 is 14.6 Å². The first kappa shape index (κ1) is 22.7. The van der Waals surface area contributed by atoms with Gasteiger partial charge in [0, 0.05) is 28.7 Å². The van der Waals surface area contributed by atoms with Gasteiger partial charge in [0.1, 0.15) is 11.5 Å². The summed E-state index contributed by atoms with van der Waals surface area (Å²) in [5.74, 6) is 0.207. The Morgan fingerprint density at radius 3 is 2.14 bits per heavy atom. The second-order valence-corrected chi connectivity index (χ2v) is 9.82. The second-order valence-electron chi connectivity index (χ2n) is 9.82. The van der Waals surface area contributed by atoms with Crippen molar-refractivity contribution in [3.05, 3.63) is 70.8 Å². The average Bonchev–Trinajstić information content (AvgIpc) is 2.61. The molecule has 1 unspecified atom stereocenters. The molecule has 0 aliphatic carbocycles. The predicted molar refractivity (Wildman–Crippen MR) is 120 cm³/mol. The van der Waals surface area contributed by atoms with E-state index in [1.807, 2.05) is 44.2 Å². The first-order valence-electron chi connectivity index (χ1n) is 10.1. The van der Waals surface area contributed by atoms with Gasteiger partial charge in [-0.15, -0.1) is 0 Å². The largest absolute Gasteiger partial charge is 0.507 e. The summed E-state index contributed by atoms with van der Waals surface area (Å²) < 4.78 is 5.72. The zero-order chi connectivity index (χ0) is 22.1. The summed E-state index contributed by atoms with van der Waals surface area (Å²) in [4.78, 5) is 12.1. The fourth-order valence-corrected chi connectivity index (χ4v) is 3.62. The van der Waals surface area contributed by atoms with Crippen LogP contribution in [0.25, 0.3) is 0 Å². The fraction of sp³-hybridized carbons (Fsp3) is 0.423. The summed E-state index contributed by atoms with van der Waals surface area (Å²) >= 11 is 0. The van der Waals surface area contributed by atoms with Crippen LogP contribution in [-0.4, -0.2) is 11.1 Å². The van der Waals surface area contributed by atoms with E-state index in [4.69, 9.17) is 4.74 Å².